The monoisotopic (exact) mass is 338 g/mol. The van der Waals surface area contributed by atoms with Crippen molar-refractivity contribution in [2.45, 2.75) is 18.7 Å². The van der Waals surface area contributed by atoms with Gasteiger partial charge in [-0.05, 0) is 29.0 Å². The Hall–Kier alpha value is -2.11. The standard InChI is InChI=1S/C18H14N2OS2/c1-2-6-15-12(5-1)14-11-13(16-7-3-9-22-16)19-20(14)18(21-15)17-8-4-10-23-17/h1-10,14,18H,11H2. The van der Waals surface area contributed by atoms with Gasteiger partial charge in [0.15, 0.2) is 0 Å². The molecule has 2 aromatic heterocycles. The van der Waals surface area contributed by atoms with Crippen LogP contribution in [0.25, 0.3) is 0 Å². The topological polar surface area (TPSA) is 24.8 Å². The summed E-state index contributed by atoms with van der Waals surface area (Å²) in [6, 6.07) is 17.0. The van der Waals surface area contributed by atoms with Crippen LogP contribution in [0, 0.1) is 0 Å². The summed E-state index contributed by atoms with van der Waals surface area (Å²) in [7, 11) is 0. The lowest BCUT2D eigenvalue weighted by Crippen LogP contribution is -2.33. The molecular formula is C18H14N2OS2. The summed E-state index contributed by atoms with van der Waals surface area (Å²) in [6.45, 7) is 0. The smallest absolute Gasteiger partial charge is 0.222 e. The highest BCUT2D eigenvalue weighted by atomic mass is 32.1. The number of nitrogens with zero attached hydrogens (tertiary/aromatic N) is 2. The third kappa shape index (κ3) is 2.11. The third-order valence-electron chi connectivity index (χ3n) is 4.29. The molecule has 1 aromatic carbocycles. The molecule has 0 fully saturated rings. The minimum Gasteiger partial charge on any atom is -0.464 e. The van der Waals surface area contributed by atoms with Gasteiger partial charge in [0.1, 0.15) is 5.75 Å². The highest BCUT2D eigenvalue weighted by Gasteiger charge is 2.41. The predicted octanol–water partition coefficient (Wildman–Crippen LogP) is 5.05. The van der Waals surface area contributed by atoms with Gasteiger partial charge in [-0.3, -0.25) is 0 Å². The van der Waals surface area contributed by atoms with Crippen molar-refractivity contribution < 1.29 is 4.74 Å². The van der Waals surface area contributed by atoms with Gasteiger partial charge >= 0.3 is 0 Å². The third-order valence-corrected chi connectivity index (χ3v) is 6.11. The molecule has 0 amide bonds. The van der Waals surface area contributed by atoms with Gasteiger partial charge in [-0.1, -0.05) is 30.3 Å². The van der Waals surface area contributed by atoms with Crippen molar-refractivity contribution >= 4 is 28.4 Å². The summed E-state index contributed by atoms with van der Waals surface area (Å²) in [4.78, 5) is 2.45. The summed E-state index contributed by atoms with van der Waals surface area (Å²) < 4.78 is 6.29. The second-order valence-corrected chi connectivity index (χ2v) is 7.57. The number of hydrazone groups is 1. The second kappa shape index (κ2) is 5.22. The van der Waals surface area contributed by atoms with Gasteiger partial charge < -0.3 is 4.74 Å². The number of rotatable bonds is 2. The van der Waals surface area contributed by atoms with E-state index in [1.165, 1.54) is 15.3 Å². The Morgan fingerprint density at radius 1 is 1.00 bits per heavy atom. The molecule has 0 bridgehead atoms. The summed E-state index contributed by atoms with van der Waals surface area (Å²) in [5, 5.41) is 11.3. The fourth-order valence-corrected chi connectivity index (χ4v) is 4.71. The van der Waals surface area contributed by atoms with Gasteiger partial charge in [0.25, 0.3) is 0 Å². The van der Waals surface area contributed by atoms with Crippen LogP contribution in [0.3, 0.4) is 0 Å². The molecule has 5 rings (SSSR count). The maximum Gasteiger partial charge on any atom is 0.222 e. The van der Waals surface area contributed by atoms with Crippen LogP contribution in [0.2, 0.25) is 0 Å². The molecule has 3 aromatic rings. The van der Waals surface area contributed by atoms with Crippen LogP contribution in [0.15, 0.2) is 64.4 Å². The lowest BCUT2D eigenvalue weighted by molar-refractivity contribution is -0.0165. The van der Waals surface area contributed by atoms with E-state index < -0.39 is 0 Å². The van der Waals surface area contributed by atoms with Gasteiger partial charge in [0.05, 0.1) is 21.5 Å². The van der Waals surface area contributed by atoms with Crippen LogP contribution in [-0.4, -0.2) is 10.7 Å². The maximum atomic E-state index is 6.29. The summed E-state index contributed by atoms with van der Waals surface area (Å²) >= 11 is 3.47. The fourth-order valence-electron chi connectivity index (χ4n) is 3.25. The molecule has 23 heavy (non-hydrogen) atoms. The zero-order valence-corrected chi connectivity index (χ0v) is 13.9. The molecule has 3 nitrogen and oxygen atoms in total. The molecule has 2 aliphatic rings. The zero-order valence-electron chi connectivity index (χ0n) is 12.3. The summed E-state index contributed by atoms with van der Waals surface area (Å²) in [5.41, 5.74) is 2.39. The van der Waals surface area contributed by atoms with E-state index in [0.717, 1.165) is 17.9 Å². The van der Waals surface area contributed by atoms with E-state index in [1.54, 1.807) is 22.7 Å². The molecule has 2 aliphatic heterocycles. The lowest BCUT2D eigenvalue weighted by atomic mass is 9.98. The van der Waals surface area contributed by atoms with Gasteiger partial charge in [-0.25, -0.2) is 5.01 Å². The van der Waals surface area contributed by atoms with Crippen LogP contribution in [0.1, 0.15) is 34.0 Å². The van der Waals surface area contributed by atoms with Crippen molar-refractivity contribution in [3.8, 4) is 5.75 Å². The van der Waals surface area contributed by atoms with E-state index in [0.29, 0.717) is 0 Å². The van der Waals surface area contributed by atoms with Crippen molar-refractivity contribution in [2.75, 3.05) is 0 Å². The number of benzene rings is 1. The van der Waals surface area contributed by atoms with Crippen molar-refractivity contribution in [3.05, 3.63) is 74.6 Å². The van der Waals surface area contributed by atoms with Crippen LogP contribution in [0.4, 0.5) is 0 Å². The van der Waals surface area contributed by atoms with Crippen molar-refractivity contribution in [2.24, 2.45) is 5.10 Å². The number of ether oxygens (including phenoxy) is 1. The minimum atomic E-state index is -0.132. The highest BCUT2D eigenvalue weighted by molar-refractivity contribution is 7.12. The average molecular weight is 338 g/mol. The molecule has 0 spiro atoms. The number of hydrogen-bond donors (Lipinski definition) is 0. The Morgan fingerprint density at radius 3 is 2.70 bits per heavy atom. The molecule has 0 saturated carbocycles. The molecule has 0 radical (unpaired) electrons. The number of para-hydroxylation sites is 1. The fraction of sp³-hybridized carbons (Fsp3) is 0.167. The van der Waals surface area contributed by atoms with Gasteiger partial charge in [-0.15, -0.1) is 22.7 Å². The molecule has 2 unspecified atom stereocenters. The Bertz CT molecular complexity index is 855. The summed E-state index contributed by atoms with van der Waals surface area (Å²) in [6.07, 6.45) is 0.801. The van der Waals surface area contributed by atoms with E-state index in [4.69, 9.17) is 9.84 Å². The van der Waals surface area contributed by atoms with E-state index >= 15 is 0 Å². The minimum absolute atomic E-state index is 0.132. The number of fused-ring (bicyclic) bond motifs is 3. The van der Waals surface area contributed by atoms with E-state index in [1.807, 2.05) is 6.07 Å². The van der Waals surface area contributed by atoms with Crippen LogP contribution in [0.5, 0.6) is 5.75 Å². The number of hydrogen-bond acceptors (Lipinski definition) is 5. The first-order valence-corrected chi connectivity index (χ1v) is 9.35. The molecule has 5 heteroatoms. The van der Waals surface area contributed by atoms with Crippen LogP contribution >= 0.6 is 22.7 Å². The van der Waals surface area contributed by atoms with E-state index in [9.17, 15) is 0 Å². The quantitative estimate of drug-likeness (QED) is 0.653. The lowest BCUT2D eigenvalue weighted by Gasteiger charge is -2.37. The molecule has 114 valence electrons. The van der Waals surface area contributed by atoms with Crippen molar-refractivity contribution in [1.82, 2.24) is 5.01 Å². The first kappa shape index (κ1) is 13.3. The maximum absolute atomic E-state index is 6.29. The molecule has 0 aliphatic carbocycles. The molecule has 4 heterocycles. The Morgan fingerprint density at radius 2 is 1.87 bits per heavy atom. The normalized spacial score (nSPS) is 22.3. The van der Waals surface area contributed by atoms with Crippen LogP contribution in [-0.2, 0) is 0 Å². The van der Waals surface area contributed by atoms with Gasteiger partial charge in [0, 0.05) is 12.0 Å². The van der Waals surface area contributed by atoms with Crippen molar-refractivity contribution in [1.29, 1.82) is 0 Å². The Labute approximate surface area is 142 Å². The SMILES string of the molecule is c1csc(C2=NN3C(C2)c2ccccc2OC3c2cccs2)c1. The first-order valence-electron chi connectivity index (χ1n) is 7.59. The zero-order chi connectivity index (χ0) is 15.2. The average Bonchev–Trinajstić information content (AvgIpc) is 3.34. The number of thiophene rings is 2. The van der Waals surface area contributed by atoms with Crippen LogP contribution < -0.4 is 4.74 Å². The highest BCUT2D eigenvalue weighted by Crippen LogP contribution is 2.48. The second-order valence-electron chi connectivity index (χ2n) is 5.65. The molecular weight excluding hydrogens is 324 g/mol. The Kier molecular flexibility index (Phi) is 3.02. The van der Waals surface area contributed by atoms with Crippen molar-refractivity contribution in [3.63, 3.8) is 0 Å². The van der Waals surface area contributed by atoms with Gasteiger partial charge in [-0.2, -0.15) is 5.10 Å². The predicted molar refractivity (Wildman–Crippen MR) is 94.2 cm³/mol. The molecule has 0 saturated heterocycles. The Balaban J connectivity index is 1.62. The van der Waals surface area contributed by atoms with Gasteiger partial charge in [0.2, 0.25) is 6.23 Å². The molecule has 0 N–H and O–H groups in total. The van der Waals surface area contributed by atoms with E-state index in [-0.39, 0.29) is 12.3 Å². The summed E-state index contributed by atoms with van der Waals surface area (Å²) in [5.74, 6) is 0.981. The first-order chi connectivity index (χ1) is 11.4. The molecule has 2 atom stereocenters. The van der Waals surface area contributed by atoms with E-state index in [2.05, 4.69) is 58.2 Å². The largest absolute Gasteiger partial charge is 0.464 e.